The van der Waals surface area contributed by atoms with Crippen LogP contribution in [0.15, 0.2) is 18.2 Å². The minimum Gasteiger partial charge on any atom is -0.0628 e. The van der Waals surface area contributed by atoms with E-state index in [9.17, 15) is 0 Å². The Hall–Kier alpha value is -0.780. The van der Waals surface area contributed by atoms with Gasteiger partial charge in [-0.25, -0.2) is 0 Å². The lowest BCUT2D eigenvalue weighted by atomic mass is 9.84. The Kier molecular flexibility index (Phi) is 12.9. The molecule has 0 aromatic heterocycles. The normalized spacial score (nSPS) is 12.3. The van der Waals surface area contributed by atoms with Gasteiger partial charge in [0.15, 0.2) is 0 Å². The van der Waals surface area contributed by atoms with Crippen LogP contribution in [0.4, 0.5) is 0 Å². The van der Waals surface area contributed by atoms with E-state index in [0.29, 0.717) is 0 Å². The fourth-order valence-corrected chi connectivity index (χ4v) is 4.25. The molecular formula is C29H52. The number of aryl methyl sites for hydroxylation is 2. The minimum absolute atomic E-state index is 0.754. The summed E-state index contributed by atoms with van der Waals surface area (Å²) < 4.78 is 0. The third-order valence-electron chi connectivity index (χ3n) is 6.24. The summed E-state index contributed by atoms with van der Waals surface area (Å²) in [4.78, 5) is 0. The highest BCUT2D eigenvalue weighted by Crippen LogP contribution is 2.31. The van der Waals surface area contributed by atoms with Crippen molar-refractivity contribution in [2.45, 2.75) is 126 Å². The maximum atomic E-state index is 2.58. The van der Waals surface area contributed by atoms with Gasteiger partial charge in [-0.3, -0.25) is 0 Å². The molecule has 0 N–H and O–H groups in total. The maximum Gasteiger partial charge on any atom is -0.0162 e. The second kappa shape index (κ2) is 14.3. The number of rotatable bonds is 15. The van der Waals surface area contributed by atoms with Crippen LogP contribution in [-0.2, 0) is 12.8 Å². The average molecular weight is 401 g/mol. The molecule has 0 fully saturated rings. The highest BCUT2D eigenvalue weighted by Gasteiger charge is 2.15. The predicted molar refractivity (Wildman–Crippen MR) is 133 cm³/mol. The fourth-order valence-electron chi connectivity index (χ4n) is 4.25. The molecule has 0 spiro atoms. The van der Waals surface area contributed by atoms with E-state index in [0.717, 1.165) is 29.6 Å². The van der Waals surface area contributed by atoms with Crippen molar-refractivity contribution in [1.82, 2.24) is 0 Å². The Balaban J connectivity index is 3.01. The van der Waals surface area contributed by atoms with E-state index < -0.39 is 0 Å². The second-order valence-corrected chi connectivity index (χ2v) is 11.3. The number of hydrogen-bond acceptors (Lipinski definition) is 0. The zero-order valence-corrected chi connectivity index (χ0v) is 21.2. The average Bonchev–Trinajstić information content (AvgIpc) is 2.62. The molecule has 0 aliphatic carbocycles. The molecule has 0 saturated carbocycles. The molecule has 0 aliphatic rings. The van der Waals surface area contributed by atoms with Crippen molar-refractivity contribution in [1.29, 1.82) is 0 Å². The van der Waals surface area contributed by atoms with Crippen LogP contribution in [0, 0.1) is 23.7 Å². The van der Waals surface area contributed by atoms with Crippen molar-refractivity contribution in [3.8, 4) is 0 Å². The zero-order chi connectivity index (χ0) is 21.8. The molecule has 1 aromatic rings. The summed E-state index contributed by atoms with van der Waals surface area (Å²) in [5.41, 5.74) is 4.83. The lowest BCUT2D eigenvalue weighted by Gasteiger charge is -2.21. The summed E-state index contributed by atoms with van der Waals surface area (Å²) in [5.74, 6) is 3.97. The van der Waals surface area contributed by atoms with Gasteiger partial charge in [0.1, 0.15) is 0 Å². The quantitative estimate of drug-likeness (QED) is 0.275. The molecule has 168 valence electrons. The van der Waals surface area contributed by atoms with Gasteiger partial charge in [0.2, 0.25) is 0 Å². The molecule has 0 nitrogen and oxygen atoms in total. The van der Waals surface area contributed by atoms with E-state index in [1.165, 1.54) is 64.2 Å². The smallest absolute Gasteiger partial charge is 0.0162 e. The first-order valence-electron chi connectivity index (χ1n) is 12.8. The van der Waals surface area contributed by atoms with E-state index in [-0.39, 0.29) is 0 Å². The topological polar surface area (TPSA) is 0 Å². The van der Waals surface area contributed by atoms with Crippen LogP contribution in [0.1, 0.15) is 129 Å². The Bertz CT molecular complexity index is 491. The second-order valence-electron chi connectivity index (χ2n) is 11.3. The lowest BCUT2D eigenvalue weighted by Crippen LogP contribution is -2.05. The third-order valence-corrected chi connectivity index (χ3v) is 6.24. The molecule has 1 aromatic carbocycles. The molecule has 1 rings (SSSR count). The van der Waals surface area contributed by atoms with Crippen molar-refractivity contribution in [2.24, 2.45) is 23.7 Å². The van der Waals surface area contributed by atoms with Gasteiger partial charge in [-0.1, -0.05) is 99.3 Å². The van der Waals surface area contributed by atoms with E-state index >= 15 is 0 Å². The van der Waals surface area contributed by atoms with Gasteiger partial charge >= 0.3 is 0 Å². The van der Waals surface area contributed by atoms with Crippen LogP contribution in [0.3, 0.4) is 0 Å². The minimum atomic E-state index is 0.754. The molecule has 0 amide bonds. The lowest BCUT2D eigenvalue weighted by molar-refractivity contribution is 0.451. The Morgan fingerprint density at radius 3 is 1.21 bits per heavy atom. The number of benzene rings is 1. The van der Waals surface area contributed by atoms with Crippen molar-refractivity contribution in [3.05, 3.63) is 34.9 Å². The van der Waals surface area contributed by atoms with Gasteiger partial charge in [-0.15, -0.1) is 0 Å². The summed E-state index contributed by atoms with van der Waals surface area (Å²) in [6.45, 7) is 18.9. The van der Waals surface area contributed by atoms with Crippen LogP contribution in [-0.4, -0.2) is 0 Å². The SMILES string of the molecule is CC(C)CCCC(CCCC(C)C)c1cc(CCC(C)C)cc(CCC(C)C)c1. The van der Waals surface area contributed by atoms with Gasteiger partial charge in [0.25, 0.3) is 0 Å². The van der Waals surface area contributed by atoms with E-state index in [1.807, 2.05) is 0 Å². The van der Waals surface area contributed by atoms with Crippen molar-refractivity contribution in [2.75, 3.05) is 0 Å². The van der Waals surface area contributed by atoms with E-state index in [1.54, 1.807) is 16.7 Å². The molecule has 0 radical (unpaired) electrons. The summed E-state index contributed by atoms with van der Waals surface area (Å²) in [6.07, 6.45) is 13.3. The monoisotopic (exact) mass is 400 g/mol. The molecular weight excluding hydrogens is 348 g/mol. The van der Waals surface area contributed by atoms with Crippen molar-refractivity contribution >= 4 is 0 Å². The predicted octanol–water partition coefficient (Wildman–Crippen LogP) is 9.60. The highest BCUT2D eigenvalue weighted by atomic mass is 14.2. The van der Waals surface area contributed by atoms with Gasteiger partial charge in [0, 0.05) is 0 Å². The summed E-state index contributed by atoms with van der Waals surface area (Å²) >= 11 is 0. The standard InChI is InChI=1S/C29H52/c1-22(2)11-9-13-28(14-10-12-23(3)4)29-20-26(17-15-24(5)6)19-27(21-29)18-16-25(7)8/h19-25,28H,9-18H2,1-8H3. The van der Waals surface area contributed by atoms with Crippen LogP contribution >= 0.6 is 0 Å². The summed E-state index contributed by atoms with van der Waals surface area (Å²) in [6, 6.07) is 7.68. The van der Waals surface area contributed by atoms with Gasteiger partial charge in [-0.2, -0.15) is 0 Å². The third kappa shape index (κ3) is 12.5. The molecule has 0 aliphatic heterocycles. The van der Waals surface area contributed by atoms with Crippen LogP contribution < -0.4 is 0 Å². The molecule has 0 bridgehead atoms. The highest BCUT2D eigenvalue weighted by molar-refractivity contribution is 5.33. The van der Waals surface area contributed by atoms with Gasteiger partial charge < -0.3 is 0 Å². The van der Waals surface area contributed by atoms with Crippen molar-refractivity contribution < 1.29 is 0 Å². The van der Waals surface area contributed by atoms with Crippen molar-refractivity contribution in [3.63, 3.8) is 0 Å². The van der Waals surface area contributed by atoms with Crippen LogP contribution in [0.25, 0.3) is 0 Å². The Labute approximate surface area is 184 Å². The molecule has 29 heavy (non-hydrogen) atoms. The number of hydrogen-bond donors (Lipinski definition) is 0. The summed E-state index contributed by atoms with van der Waals surface area (Å²) in [5, 5.41) is 0. The maximum absolute atomic E-state index is 2.58. The molecule has 0 heteroatoms. The van der Waals surface area contributed by atoms with E-state index in [2.05, 4.69) is 73.6 Å². The van der Waals surface area contributed by atoms with Gasteiger partial charge in [0.05, 0.1) is 0 Å². The molecule has 0 unspecified atom stereocenters. The molecule has 0 atom stereocenters. The summed E-state index contributed by atoms with van der Waals surface area (Å²) in [7, 11) is 0. The Morgan fingerprint density at radius 2 is 0.862 bits per heavy atom. The fraction of sp³-hybridized carbons (Fsp3) is 0.793. The zero-order valence-electron chi connectivity index (χ0n) is 21.2. The first-order valence-corrected chi connectivity index (χ1v) is 12.8. The molecule has 0 heterocycles. The first kappa shape index (κ1) is 26.3. The largest absolute Gasteiger partial charge is 0.0628 e. The van der Waals surface area contributed by atoms with Gasteiger partial charge in [-0.05, 0) is 84.8 Å². The van der Waals surface area contributed by atoms with E-state index in [4.69, 9.17) is 0 Å². The first-order chi connectivity index (χ1) is 13.7. The Morgan fingerprint density at radius 1 is 0.483 bits per heavy atom. The van der Waals surface area contributed by atoms with Crippen LogP contribution in [0.5, 0.6) is 0 Å². The van der Waals surface area contributed by atoms with Crippen LogP contribution in [0.2, 0.25) is 0 Å². The molecule has 0 saturated heterocycles.